The number of hydrogen-bond acceptors (Lipinski definition) is 6. The van der Waals surface area contributed by atoms with Crippen molar-refractivity contribution >= 4 is 83.7 Å². The van der Waals surface area contributed by atoms with E-state index in [0.717, 1.165) is 18.2 Å². The molecule has 165 valence electrons. The molecule has 3 aromatic rings. The zero-order valence-electron chi connectivity index (χ0n) is 16.4. The zero-order chi connectivity index (χ0) is 23.0. The third-order valence-electron chi connectivity index (χ3n) is 4.15. The Hall–Kier alpha value is -1.18. The fraction of sp³-hybridized carbons (Fsp3) is 0. The first kappa shape index (κ1) is 27.1. The van der Waals surface area contributed by atoms with Gasteiger partial charge in [-0.05, 0) is 26.1 Å². The molecule has 0 atom stereocenters. The van der Waals surface area contributed by atoms with Crippen LogP contribution in [0.4, 0.5) is 0 Å². The molecule has 0 fully saturated rings. The quantitative estimate of drug-likeness (QED) is 0.240. The Bertz CT molecular complexity index is 1290. The van der Waals surface area contributed by atoms with E-state index in [9.17, 15) is 38.9 Å². The molecular formula is C18H15NaO9PS3. The SMILES string of the molecule is O=S(=O)(O)c1ccccc1P(c1ccccc1S(=O)(=O)O)c1ccccc1S(=O)(=O)O.[Na]. The molecule has 0 bridgehead atoms. The topological polar surface area (TPSA) is 163 Å². The van der Waals surface area contributed by atoms with Gasteiger partial charge >= 0.3 is 0 Å². The minimum Gasteiger partial charge on any atom is -0.282 e. The van der Waals surface area contributed by atoms with Gasteiger partial charge in [0.25, 0.3) is 30.4 Å². The van der Waals surface area contributed by atoms with Crippen LogP contribution >= 0.6 is 7.92 Å². The molecule has 0 aliphatic rings. The maximum absolute atomic E-state index is 12.0. The molecule has 1 radical (unpaired) electrons. The van der Waals surface area contributed by atoms with Crippen molar-refractivity contribution in [2.24, 2.45) is 0 Å². The molecule has 0 saturated carbocycles. The third kappa shape index (κ3) is 5.84. The van der Waals surface area contributed by atoms with Gasteiger partial charge in [0, 0.05) is 45.5 Å². The van der Waals surface area contributed by atoms with Crippen LogP contribution in [0, 0.1) is 0 Å². The van der Waals surface area contributed by atoms with E-state index < -0.39 is 53.0 Å². The van der Waals surface area contributed by atoms with Crippen LogP contribution in [0.5, 0.6) is 0 Å². The van der Waals surface area contributed by atoms with Gasteiger partial charge in [0.1, 0.15) is 14.7 Å². The summed E-state index contributed by atoms with van der Waals surface area (Å²) in [5, 5.41) is -0.313. The molecule has 0 heterocycles. The van der Waals surface area contributed by atoms with E-state index in [4.69, 9.17) is 0 Å². The summed E-state index contributed by atoms with van der Waals surface area (Å²) in [6.07, 6.45) is 0. The van der Waals surface area contributed by atoms with Gasteiger partial charge in [-0.15, -0.1) is 0 Å². The Labute approximate surface area is 208 Å². The Morgan fingerprint density at radius 1 is 0.469 bits per heavy atom. The van der Waals surface area contributed by atoms with Crippen molar-refractivity contribution in [2.75, 3.05) is 0 Å². The number of benzene rings is 3. The molecule has 9 nitrogen and oxygen atoms in total. The Morgan fingerprint density at radius 3 is 0.906 bits per heavy atom. The van der Waals surface area contributed by atoms with Crippen molar-refractivity contribution in [2.45, 2.75) is 14.7 Å². The fourth-order valence-corrected chi connectivity index (χ4v) is 8.95. The first-order valence-electron chi connectivity index (χ1n) is 8.31. The summed E-state index contributed by atoms with van der Waals surface area (Å²) >= 11 is 0. The van der Waals surface area contributed by atoms with E-state index in [-0.39, 0.29) is 45.5 Å². The van der Waals surface area contributed by atoms with Crippen LogP contribution in [-0.4, -0.2) is 68.5 Å². The largest absolute Gasteiger partial charge is 0.295 e. The number of rotatable bonds is 6. The molecule has 0 amide bonds. The molecule has 3 N–H and O–H groups in total. The van der Waals surface area contributed by atoms with Gasteiger partial charge in [-0.2, -0.15) is 25.3 Å². The minimum atomic E-state index is -4.80. The number of hydrogen-bond donors (Lipinski definition) is 3. The average molecular weight is 525 g/mol. The van der Waals surface area contributed by atoms with E-state index in [1.807, 2.05) is 0 Å². The second kappa shape index (κ2) is 9.98. The summed E-state index contributed by atoms with van der Waals surface area (Å²) in [5.74, 6) is 0. The van der Waals surface area contributed by atoms with Gasteiger partial charge in [-0.1, -0.05) is 54.6 Å². The monoisotopic (exact) mass is 525 g/mol. The van der Waals surface area contributed by atoms with Gasteiger partial charge in [0.2, 0.25) is 0 Å². The molecule has 0 unspecified atom stereocenters. The predicted molar refractivity (Wildman–Crippen MR) is 120 cm³/mol. The van der Waals surface area contributed by atoms with Crippen LogP contribution in [0.1, 0.15) is 0 Å². The smallest absolute Gasteiger partial charge is 0.282 e. The van der Waals surface area contributed by atoms with Crippen molar-refractivity contribution in [3.8, 4) is 0 Å². The summed E-state index contributed by atoms with van der Waals surface area (Å²) < 4.78 is 101. The van der Waals surface area contributed by atoms with E-state index in [0.29, 0.717) is 0 Å². The maximum Gasteiger partial charge on any atom is 0.295 e. The molecule has 32 heavy (non-hydrogen) atoms. The van der Waals surface area contributed by atoms with Crippen LogP contribution in [0.2, 0.25) is 0 Å². The standard InChI is InChI=1S/C18H15O9PS3.Na/c19-29(20,21)16-10-4-1-7-13(16)28(14-8-2-5-11-17(14)30(22,23)24)15-9-3-6-12-18(15)31(25,26)27;/h1-12H,(H,19,20,21)(H,22,23,24)(H,25,26,27);. The fourth-order valence-electron chi connectivity index (χ4n) is 2.97. The van der Waals surface area contributed by atoms with Crippen LogP contribution in [-0.2, 0) is 30.4 Å². The van der Waals surface area contributed by atoms with Crippen LogP contribution in [0.25, 0.3) is 0 Å². The van der Waals surface area contributed by atoms with E-state index in [1.54, 1.807) is 0 Å². The molecule has 0 aromatic heterocycles. The molecule has 14 heteroatoms. The van der Waals surface area contributed by atoms with Gasteiger partial charge in [-0.25, -0.2) is 0 Å². The molecule has 3 rings (SSSR count). The predicted octanol–water partition coefficient (Wildman–Crippen LogP) is 0.804. The molecule has 0 saturated heterocycles. The summed E-state index contributed by atoms with van der Waals surface area (Å²) in [6.45, 7) is 0. The third-order valence-corrected chi connectivity index (χ3v) is 9.96. The van der Waals surface area contributed by atoms with Crippen LogP contribution in [0.15, 0.2) is 87.5 Å². The summed E-state index contributed by atoms with van der Waals surface area (Å²) in [6, 6.07) is 15.3. The Balaban J connectivity index is 0.00000363. The summed E-state index contributed by atoms with van der Waals surface area (Å²) in [5.41, 5.74) is 0. The normalized spacial score (nSPS) is 12.4. The first-order valence-corrected chi connectivity index (χ1v) is 14.0. The van der Waals surface area contributed by atoms with E-state index in [2.05, 4.69) is 0 Å². The second-order valence-electron chi connectivity index (χ2n) is 6.16. The van der Waals surface area contributed by atoms with Gasteiger partial charge in [0.05, 0.1) is 0 Å². The van der Waals surface area contributed by atoms with Gasteiger partial charge < -0.3 is 0 Å². The van der Waals surface area contributed by atoms with Crippen molar-refractivity contribution in [1.82, 2.24) is 0 Å². The molecule has 0 aliphatic heterocycles. The van der Waals surface area contributed by atoms with Crippen molar-refractivity contribution in [1.29, 1.82) is 0 Å². The Morgan fingerprint density at radius 2 is 0.688 bits per heavy atom. The molecular weight excluding hydrogens is 510 g/mol. The maximum atomic E-state index is 12.0. The first-order chi connectivity index (χ1) is 14.3. The van der Waals surface area contributed by atoms with Crippen LogP contribution in [0.3, 0.4) is 0 Å². The van der Waals surface area contributed by atoms with Crippen molar-refractivity contribution in [3.63, 3.8) is 0 Å². The van der Waals surface area contributed by atoms with Crippen molar-refractivity contribution < 1.29 is 38.9 Å². The van der Waals surface area contributed by atoms with Gasteiger partial charge in [0.15, 0.2) is 0 Å². The molecule has 0 spiro atoms. The van der Waals surface area contributed by atoms with E-state index in [1.165, 1.54) is 54.6 Å². The summed E-state index contributed by atoms with van der Waals surface area (Å²) in [4.78, 5) is -1.72. The second-order valence-corrected chi connectivity index (χ2v) is 12.4. The van der Waals surface area contributed by atoms with Crippen LogP contribution < -0.4 is 15.9 Å². The van der Waals surface area contributed by atoms with Crippen molar-refractivity contribution in [3.05, 3.63) is 72.8 Å². The molecule has 0 aliphatic carbocycles. The molecule has 3 aromatic carbocycles. The van der Waals surface area contributed by atoms with Gasteiger partial charge in [-0.3, -0.25) is 13.7 Å². The average Bonchev–Trinajstić information content (AvgIpc) is 2.67. The van der Waals surface area contributed by atoms with E-state index >= 15 is 0 Å². The zero-order valence-corrected chi connectivity index (χ0v) is 21.7. The Kier molecular flexibility index (Phi) is 8.44. The minimum absolute atomic E-state index is 0. The summed E-state index contributed by atoms with van der Waals surface area (Å²) in [7, 11) is -16.7.